The van der Waals surface area contributed by atoms with Crippen LogP contribution in [0.2, 0.25) is 5.02 Å². The lowest BCUT2D eigenvalue weighted by molar-refractivity contribution is 0.112. The first-order valence-corrected chi connectivity index (χ1v) is 6.80. The maximum atomic E-state index is 12.8. The highest BCUT2D eigenvalue weighted by molar-refractivity contribution is 6.33. The Morgan fingerprint density at radius 2 is 1.81 bits per heavy atom. The van der Waals surface area contributed by atoms with Crippen molar-refractivity contribution in [2.75, 3.05) is 6.61 Å². The molecular weight excluding hydrogens is 295 g/mol. The maximum absolute atomic E-state index is 12.8. The Morgan fingerprint density at radius 1 is 1.14 bits per heavy atom. The molecule has 0 radical (unpaired) electrons. The van der Waals surface area contributed by atoms with Crippen molar-refractivity contribution in [1.29, 1.82) is 0 Å². The van der Waals surface area contributed by atoms with Crippen LogP contribution in [-0.2, 0) is 6.61 Å². The zero-order valence-corrected chi connectivity index (χ0v) is 12.2. The largest absolute Gasteiger partial charge is 0.490 e. The van der Waals surface area contributed by atoms with Gasteiger partial charge in [-0.1, -0.05) is 23.7 Å². The fraction of sp³-hybridized carbons (Fsp3) is 0.188. The predicted molar refractivity (Wildman–Crippen MR) is 78.7 cm³/mol. The van der Waals surface area contributed by atoms with Gasteiger partial charge in [0.25, 0.3) is 0 Å². The zero-order chi connectivity index (χ0) is 15.2. The molecule has 2 aromatic carbocycles. The summed E-state index contributed by atoms with van der Waals surface area (Å²) >= 11 is 5.99. The highest BCUT2D eigenvalue weighted by Gasteiger charge is 2.11. The number of carbonyl (C=O) groups excluding carboxylic acids is 1. The maximum Gasteiger partial charge on any atom is 0.163 e. The van der Waals surface area contributed by atoms with Crippen LogP contribution >= 0.6 is 11.6 Å². The Balaban J connectivity index is 2.19. The third-order valence-corrected chi connectivity index (χ3v) is 3.12. The summed E-state index contributed by atoms with van der Waals surface area (Å²) in [5.41, 5.74) is 1.16. The van der Waals surface area contributed by atoms with Crippen LogP contribution in [0.15, 0.2) is 36.4 Å². The van der Waals surface area contributed by atoms with Crippen molar-refractivity contribution in [1.82, 2.24) is 0 Å². The van der Waals surface area contributed by atoms with Gasteiger partial charge in [-0.15, -0.1) is 0 Å². The molecule has 0 aliphatic carbocycles. The van der Waals surface area contributed by atoms with E-state index in [1.807, 2.05) is 6.92 Å². The number of ether oxygens (including phenoxy) is 2. The second kappa shape index (κ2) is 7.09. The number of hydrogen-bond donors (Lipinski definition) is 0. The van der Waals surface area contributed by atoms with Crippen LogP contribution in [0.3, 0.4) is 0 Å². The number of hydrogen-bond acceptors (Lipinski definition) is 3. The van der Waals surface area contributed by atoms with Gasteiger partial charge < -0.3 is 9.47 Å². The van der Waals surface area contributed by atoms with Gasteiger partial charge in [0.05, 0.1) is 11.6 Å². The monoisotopic (exact) mass is 308 g/mol. The van der Waals surface area contributed by atoms with Gasteiger partial charge >= 0.3 is 0 Å². The highest BCUT2D eigenvalue weighted by atomic mass is 35.5. The third-order valence-electron chi connectivity index (χ3n) is 2.80. The molecule has 2 rings (SSSR count). The van der Waals surface area contributed by atoms with Crippen LogP contribution in [0.4, 0.5) is 4.39 Å². The first kappa shape index (κ1) is 15.3. The number of aldehydes is 1. The topological polar surface area (TPSA) is 35.5 Å². The van der Waals surface area contributed by atoms with Crippen LogP contribution < -0.4 is 9.47 Å². The molecule has 0 aliphatic rings. The van der Waals surface area contributed by atoms with E-state index in [1.165, 1.54) is 12.1 Å². The zero-order valence-electron chi connectivity index (χ0n) is 11.4. The van der Waals surface area contributed by atoms with Crippen LogP contribution in [0.1, 0.15) is 22.8 Å². The molecule has 21 heavy (non-hydrogen) atoms. The molecule has 0 amide bonds. The minimum Gasteiger partial charge on any atom is -0.490 e. The van der Waals surface area contributed by atoms with E-state index in [4.69, 9.17) is 21.1 Å². The molecule has 0 saturated heterocycles. The van der Waals surface area contributed by atoms with E-state index < -0.39 is 0 Å². The Hall–Kier alpha value is -2.07. The van der Waals surface area contributed by atoms with E-state index in [9.17, 15) is 9.18 Å². The van der Waals surface area contributed by atoms with Gasteiger partial charge in [0.15, 0.2) is 17.8 Å². The lowest BCUT2D eigenvalue weighted by Crippen LogP contribution is -2.01. The lowest BCUT2D eigenvalue weighted by atomic mass is 10.2. The van der Waals surface area contributed by atoms with Gasteiger partial charge in [-0.2, -0.15) is 0 Å². The van der Waals surface area contributed by atoms with Crippen molar-refractivity contribution in [3.05, 3.63) is 58.4 Å². The van der Waals surface area contributed by atoms with Gasteiger partial charge in [0, 0.05) is 11.6 Å². The molecule has 110 valence electrons. The van der Waals surface area contributed by atoms with Gasteiger partial charge in [-0.05, 0) is 30.7 Å². The van der Waals surface area contributed by atoms with E-state index in [1.54, 1.807) is 24.3 Å². The molecule has 0 bridgehead atoms. The molecule has 0 aromatic heterocycles. The normalized spacial score (nSPS) is 10.2. The molecule has 0 saturated carbocycles. The van der Waals surface area contributed by atoms with Gasteiger partial charge in [-0.25, -0.2) is 4.39 Å². The van der Waals surface area contributed by atoms with E-state index in [0.717, 1.165) is 5.56 Å². The SMILES string of the molecule is CCOc1cc(C=O)c(Cl)cc1OCc1ccc(F)cc1. The molecule has 0 fully saturated rings. The summed E-state index contributed by atoms with van der Waals surface area (Å²) in [6.07, 6.45) is 0.661. The van der Waals surface area contributed by atoms with E-state index in [0.29, 0.717) is 35.0 Å². The number of halogens is 2. The Labute approximate surface area is 127 Å². The molecule has 0 aliphatic heterocycles. The van der Waals surface area contributed by atoms with Crippen molar-refractivity contribution in [3.8, 4) is 11.5 Å². The summed E-state index contributed by atoms with van der Waals surface area (Å²) in [4.78, 5) is 10.9. The van der Waals surface area contributed by atoms with Crippen molar-refractivity contribution < 1.29 is 18.7 Å². The van der Waals surface area contributed by atoms with Gasteiger partial charge in [-0.3, -0.25) is 4.79 Å². The van der Waals surface area contributed by atoms with Crippen LogP contribution in [0, 0.1) is 5.82 Å². The minimum atomic E-state index is -0.299. The molecule has 0 atom stereocenters. The number of carbonyl (C=O) groups is 1. The second-order valence-electron chi connectivity index (χ2n) is 4.29. The van der Waals surface area contributed by atoms with Crippen LogP contribution in [0.5, 0.6) is 11.5 Å². The quantitative estimate of drug-likeness (QED) is 0.748. The van der Waals surface area contributed by atoms with Crippen molar-refractivity contribution in [3.63, 3.8) is 0 Å². The first-order valence-electron chi connectivity index (χ1n) is 6.42. The Bertz CT molecular complexity index is 626. The third kappa shape index (κ3) is 3.95. The van der Waals surface area contributed by atoms with Crippen molar-refractivity contribution >= 4 is 17.9 Å². The van der Waals surface area contributed by atoms with Crippen LogP contribution in [0.25, 0.3) is 0 Å². The molecule has 5 heteroatoms. The van der Waals surface area contributed by atoms with Crippen molar-refractivity contribution in [2.45, 2.75) is 13.5 Å². The fourth-order valence-electron chi connectivity index (χ4n) is 1.76. The minimum absolute atomic E-state index is 0.247. The predicted octanol–water partition coefficient (Wildman–Crippen LogP) is 4.27. The first-order chi connectivity index (χ1) is 10.1. The molecule has 0 spiro atoms. The standard InChI is InChI=1S/C16H14ClFO3/c1-2-20-15-7-12(9-19)14(17)8-16(15)21-10-11-3-5-13(18)6-4-11/h3-9H,2,10H2,1H3. The number of rotatable bonds is 6. The summed E-state index contributed by atoms with van der Waals surface area (Å²) in [5.74, 6) is 0.593. The molecule has 0 N–H and O–H groups in total. The van der Waals surface area contributed by atoms with Gasteiger partial charge in [0.1, 0.15) is 12.4 Å². The van der Waals surface area contributed by atoms with Gasteiger partial charge in [0.2, 0.25) is 0 Å². The molecule has 2 aromatic rings. The summed E-state index contributed by atoms with van der Waals surface area (Å²) in [6.45, 7) is 2.52. The molecule has 3 nitrogen and oxygen atoms in total. The van der Waals surface area contributed by atoms with E-state index in [-0.39, 0.29) is 12.4 Å². The summed E-state index contributed by atoms with van der Waals surface area (Å²) in [7, 11) is 0. The summed E-state index contributed by atoms with van der Waals surface area (Å²) in [5, 5.41) is 0.294. The smallest absolute Gasteiger partial charge is 0.163 e. The fourth-order valence-corrected chi connectivity index (χ4v) is 1.96. The van der Waals surface area contributed by atoms with Crippen molar-refractivity contribution in [2.24, 2.45) is 0 Å². The van der Waals surface area contributed by atoms with E-state index >= 15 is 0 Å². The average molecular weight is 309 g/mol. The summed E-state index contributed by atoms with van der Waals surface area (Å²) < 4.78 is 23.9. The molecular formula is C16H14ClFO3. The average Bonchev–Trinajstić information content (AvgIpc) is 2.49. The second-order valence-corrected chi connectivity index (χ2v) is 4.69. The van der Waals surface area contributed by atoms with E-state index in [2.05, 4.69) is 0 Å². The Morgan fingerprint density at radius 3 is 2.43 bits per heavy atom. The molecule has 0 unspecified atom stereocenters. The number of benzene rings is 2. The lowest BCUT2D eigenvalue weighted by Gasteiger charge is -2.13. The molecule has 0 heterocycles. The van der Waals surface area contributed by atoms with Crippen LogP contribution in [-0.4, -0.2) is 12.9 Å². The Kier molecular flexibility index (Phi) is 5.17. The summed E-state index contributed by atoms with van der Waals surface area (Å²) in [6, 6.07) is 9.09. The highest BCUT2D eigenvalue weighted by Crippen LogP contribution is 2.33.